The molecule has 1 aliphatic heterocycles. The molecule has 1 heterocycles. The molecule has 0 unspecified atom stereocenters. The zero-order valence-corrected chi connectivity index (χ0v) is 10.5. The molecule has 0 bridgehead atoms. The highest BCUT2D eigenvalue weighted by atomic mass is 16.5. The van der Waals surface area contributed by atoms with E-state index in [1.807, 2.05) is 12.1 Å². The molecule has 2 aliphatic rings. The van der Waals surface area contributed by atoms with Gasteiger partial charge in [-0.2, -0.15) is 0 Å². The Balaban J connectivity index is 1.65. The molecule has 1 saturated carbocycles. The SMILES string of the molecule is COC(=O)C1(CNc2ccc3c(c2)CCO3)CC1. The van der Waals surface area contributed by atoms with E-state index < -0.39 is 0 Å². The first kappa shape index (κ1) is 11.4. The second-order valence-electron chi connectivity index (χ2n) is 5.05. The third kappa shape index (κ3) is 1.92. The van der Waals surface area contributed by atoms with Crippen LogP contribution in [-0.4, -0.2) is 26.2 Å². The van der Waals surface area contributed by atoms with Gasteiger partial charge in [0.15, 0.2) is 0 Å². The number of esters is 1. The fourth-order valence-electron chi connectivity index (χ4n) is 2.39. The molecular formula is C14H17NO3. The molecule has 1 aromatic rings. The number of hydrogen-bond donors (Lipinski definition) is 1. The van der Waals surface area contributed by atoms with Crippen LogP contribution in [0.2, 0.25) is 0 Å². The molecule has 1 aromatic carbocycles. The van der Waals surface area contributed by atoms with Crippen molar-refractivity contribution < 1.29 is 14.3 Å². The van der Waals surface area contributed by atoms with Crippen LogP contribution in [0, 0.1) is 5.41 Å². The average molecular weight is 247 g/mol. The van der Waals surface area contributed by atoms with Crippen LogP contribution < -0.4 is 10.1 Å². The standard InChI is InChI=1S/C14H17NO3/c1-17-13(16)14(5-6-14)9-15-11-2-3-12-10(8-11)4-7-18-12/h2-3,8,15H,4-7,9H2,1H3. The summed E-state index contributed by atoms with van der Waals surface area (Å²) < 4.78 is 10.3. The highest BCUT2D eigenvalue weighted by molar-refractivity contribution is 5.80. The third-order valence-electron chi connectivity index (χ3n) is 3.79. The Morgan fingerprint density at radius 3 is 3.06 bits per heavy atom. The molecule has 0 saturated heterocycles. The number of nitrogens with one attached hydrogen (secondary N) is 1. The minimum Gasteiger partial charge on any atom is -0.493 e. The minimum atomic E-state index is -0.287. The number of anilines is 1. The lowest BCUT2D eigenvalue weighted by molar-refractivity contribution is -0.146. The monoisotopic (exact) mass is 247 g/mol. The topological polar surface area (TPSA) is 47.6 Å². The van der Waals surface area contributed by atoms with Crippen molar-refractivity contribution in [2.24, 2.45) is 5.41 Å². The number of ether oxygens (including phenoxy) is 2. The van der Waals surface area contributed by atoms with Crippen molar-refractivity contribution in [3.05, 3.63) is 23.8 Å². The first-order valence-electron chi connectivity index (χ1n) is 6.32. The quantitative estimate of drug-likeness (QED) is 0.827. The number of hydrogen-bond acceptors (Lipinski definition) is 4. The molecule has 0 radical (unpaired) electrons. The summed E-state index contributed by atoms with van der Waals surface area (Å²) in [6, 6.07) is 6.09. The van der Waals surface area contributed by atoms with Gasteiger partial charge in [-0.1, -0.05) is 0 Å². The van der Waals surface area contributed by atoms with E-state index >= 15 is 0 Å². The third-order valence-corrected chi connectivity index (χ3v) is 3.79. The van der Waals surface area contributed by atoms with Gasteiger partial charge in [0.1, 0.15) is 5.75 Å². The molecule has 0 aromatic heterocycles. The van der Waals surface area contributed by atoms with E-state index in [-0.39, 0.29) is 11.4 Å². The van der Waals surface area contributed by atoms with E-state index in [1.165, 1.54) is 12.7 Å². The Morgan fingerprint density at radius 2 is 2.33 bits per heavy atom. The summed E-state index contributed by atoms with van der Waals surface area (Å²) >= 11 is 0. The zero-order chi connectivity index (χ0) is 12.6. The van der Waals surface area contributed by atoms with Crippen LogP contribution in [-0.2, 0) is 16.0 Å². The van der Waals surface area contributed by atoms with E-state index in [0.29, 0.717) is 6.54 Å². The van der Waals surface area contributed by atoms with E-state index in [9.17, 15) is 4.79 Å². The Hall–Kier alpha value is -1.71. The Morgan fingerprint density at radius 1 is 1.50 bits per heavy atom. The Bertz CT molecular complexity index is 480. The van der Waals surface area contributed by atoms with Crippen LogP contribution >= 0.6 is 0 Å². The summed E-state index contributed by atoms with van der Waals surface area (Å²) in [7, 11) is 1.45. The number of carbonyl (C=O) groups is 1. The predicted octanol–water partition coefficient (Wildman–Crippen LogP) is 1.99. The number of fused-ring (bicyclic) bond motifs is 1. The molecule has 18 heavy (non-hydrogen) atoms. The van der Waals surface area contributed by atoms with Gasteiger partial charge in [-0.25, -0.2) is 0 Å². The molecule has 1 N–H and O–H groups in total. The second kappa shape index (κ2) is 4.19. The maximum Gasteiger partial charge on any atom is 0.313 e. The number of carbonyl (C=O) groups excluding carboxylic acids is 1. The van der Waals surface area contributed by atoms with Crippen LogP contribution in [0.25, 0.3) is 0 Å². The summed E-state index contributed by atoms with van der Waals surface area (Å²) in [5.74, 6) is 0.883. The lowest BCUT2D eigenvalue weighted by Crippen LogP contribution is -2.25. The van der Waals surface area contributed by atoms with Gasteiger partial charge in [0, 0.05) is 18.7 Å². The molecule has 96 valence electrons. The van der Waals surface area contributed by atoms with Crippen molar-refractivity contribution >= 4 is 11.7 Å². The maximum absolute atomic E-state index is 11.6. The van der Waals surface area contributed by atoms with Crippen LogP contribution in [0.1, 0.15) is 18.4 Å². The predicted molar refractivity (Wildman–Crippen MR) is 67.8 cm³/mol. The summed E-state index contributed by atoms with van der Waals surface area (Å²) in [6.45, 7) is 1.42. The highest BCUT2D eigenvalue weighted by Crippen LogP contribution is 2.46. The van der Waals surface area contributed by atoms with Gasteiger partial charge < -0.3 is 14.8 Å². The van der Waals surface area contributed by atoms with E-state index in [2.05, 4.69) is 11.4 Å². The smallest absolute Gasteiger partial charge is 0.313 e. The lowest BCUT2D eigenvalue weighted by Gasteiger charge is -2.14. The van der Waals surface area contributed by atoms with Crippen LogP contribution in [0.15, 0.2) is 18.2 Å². The number of methoxy groups -OCH3 is 1. The van der Waals surface area contributed by atoms with Crippen LogP contribution in [0.5, 0.6) is 5.75 Å². The van der Waals surface area contributed by atoms with Gasteiger partial charge in [0.05, 0.1) is 19.1 Å². The van der Waals surface area contributed by atoms with Crippen LogP contribution in [0.4, 0.5) is 5.69 Å². The van der Waals surface area contributed by atoms with Gasteiger partial charge in [-0.15, -0.1) is 0 Å². The second-order valence-corrected chi connectivity index (χ2v) is 5.05. The average Bonchev–Trinajstić information content (AvgIpc) is 3.05. The maximum atomic E-state index is 11.6. The molecule has 1 fully saturated rings. The Labute approximate surface area is 106 Å². The van der Waals surface area contributed by atoms with Crippen molar-refractivity contribution in [1.29, 1.82) is 0 Å². The fraction of sp³-hybridized carbons (Fsp3) is 0.500. The van der Waals surface area contributed by atoms with E-state index in [0.717, 1.165) is 37.3 Å². The van der Waals surface area contributed by atoms with Gasteiger partial charge >= 0.3 is 5.97 Å². The van der Waals surface area contributed by atoms with E-state index in [1.54, 1.807) is 0 Å². The lowest BCUT2D eigenvalue weighted by atomic mass is 10.1. The van der Waals surface area contributed by atoms with Crippen molar-refractivity contribution in [3.8, 4) is 5.75 Å². The minimum absolute atomic E-state index is 0.0977. The fourth-order valence-corrected chi connectivity index (χ4v) is 2.39. The van der Waals surface area contributed by atoms with Gasteiger partial charge in [0.2, 0.25) is 0 Å². The Kier molecular flexibility index (Phi) is 2.65. The molecule has 1 aliphatic carbocycles. The van der Waals surface area contributed by atoms with Crippen molar-refractivity contribution in [3.63, 3.8) is 0 Å². The molecular weight excluding hydrogens is 230 g/mol. The molecule has 4 nitrogen and oxygen atoms in total. The molecule has 4 heteroatoms. The van der Waals surface area contributed by atoms with Crippen LogP contribution in [0.3, 0.4) is 0 Å². The largest absolute Gasteiger partial charge is 0.493 e. The summed E-state index contributed by atoms with van der Waals surface area (Å²) in [6.07, 6.45) is 2.80. The van der Waals surface area contributed by atoms with Gasteiger partial charge in [-0.3, -0.25) is 4.79 Å². The zero-order valence-electron chi connectivity index (χ0n) is 10.5. The van der Waals surface area contributed by atoms with E-state index in [4.69, 9.17) is 9.47 Å². The first-order chi connectivity index (χ1) is 8.73. The summed E-state index contributed by atoms with van der Waals surface area (Å²) in [5.41, 5.74) is 2.00. The van der Waals surface area contributed by atoms with Gasteiger partial charge in [0.25, 0.3) is 0 Å². The number of rotatable bonds is 4. The van der Waals surface area contributed by atoms with Crippen molar-refractivity contribution in [2.45, 2.75) is 19.3 Å². The molecule has 3 rings (SSSR count). The van der Waals surface area contributed by atoms with Gasteiger partial charge in [-0.05, 0) is 36.6 Å². The highest BCUT2D eigenvalue weighted by Gasteiger charge is 2.50. The molecule has 0 spiro atoms. The normalized spacial score (nSPS) is 18.7. The summed E-state index contributed by atoms with van der Waals surface area (Å²) in [4.78, 5) is 11.6. The molecule has 0 amide bonds. The molecule has 0 atom stereocenters. The first-order valence-corrected chi connectivity index (χ1v) is 6.32. The number of benzene rings is 1. The van der Waals surface area contributed by atoms with Crippen molar-refractivity contribution in [2.75, 3.05) is 25.6 Å². The van der Waals surface area contributed by atoms with Crippen molar-refractivity contribution in [1.82, 2.24) is 0 Å². The summed E-state index contributed by atoms with van der Waals surface area (Å²) in [5, 5.41) is 3.34.